The fourth-order valence-electron chi connectivity index (χ4n) is 3.72. The van der Waals surface area contributed by atoms with Crippen LogP contribution in [0.4, 0.5) is 0 Å². The molecule has 2 aliphatic rings. The standard InChI is InChI=1S/C18H26N6OS/c25-18(17-14-24(21-20-17)12-15-3-1-5-19-11-15)23-8-6-22(7-9-23)13-16-4-2-10-26-16/h2,4,10,14-15,19H,1,3,5-9,11-13H2. The summed E-state index contributed by atoms with van der Waals surface area (Å²) < 4.78 is 1.83. The lowest BCUT2D eigenvalue weighted by Crippen LogP contribution is -2.48. The second-order valence-corrected chi connectivity index (χ2v) is 8.22. The monoisotopic (exact) mass is 374 g/mol. The molecule has 2 aromatic rings. The zero-order valence-corrected chi connectivity index (χ0v) is 15.8. The molecule has 2 aromatic heterocycles. The molecule has 0 bridgehead atoms. The maximum Gasteiger partial charge on any atom is 0.276 e. The largest absolute Gasteiger partial charge is 0.335 e. The van der Waals surface area contributed by atoms with Gasteiger partial charge in [0, 0.05) is 44.1 Å². The van der Waals surface area contributed by atoms with Gasteiger partial charge in [-0.1, -0.05) is 11.3 Å². The summed E-state index contributed by atoms with van der Waals surface area (Å²) in [4.78, 5) is 18.4. The number of hydrogen-bond acceptors (Lipinski definition) is 6. The molecule has 0 spiro atoms. The van der Waals surface area contributed by atoms with Crippen LogP contribution in [0.1, 0.15) is 28.2 Å². The van der Waals surface area contributed by atoms with Gasteiger partial charge in [0.2, 0.25) is 0 Å². The average molecular weight is 375 g/mol. The topological polar surface area (TPSA) is 66.3 Å². The number of piperidine rings is 1. The molecule has 1 N–H and O–H groups in total. The van der Waals surface area contributed by atoms with Crippen molar-refractivity contribution in [3.63, 3.8) is 0 Å². The number of amides is 1. The van der Waals surface area contributed by atoms with E-state index < -0.39 is 0 Å². The molecule has 1 unspecified atom stereocenters. The molecule has 0 radical (unpaired) electrons. The zero-order chi connectivity index (χ0) is 17.8. The molecule has 2 fully saturated rings. The molecule has 2 aliphatic heterocycles. The third-order valence-corrected chi connectivity index (χ3v) is 6.08. The summed E-state index contributed by atoms with van der Waals surface area (Å²) in [6.45, 7) is 7.27. The highest BCUT2D eigenvalue weighted by Gasteiger charge is 2.24. The molecule has 0 saturated carbocycles. The van der Waals surface area contributed by atoms with Crippen LogP contribution >= 0.6 is 11.3 Å². The van der Waals surface area contributed by atoms with E-state index in [2.05, 4.69) is 38.0 Å². The van der Waals surface area contributed by atoms with Crippen LogP contribution in [0.5, 0.6) is 0 Å². The number of piperazine rings is 1. The average Bonchev–Trinajstić information content (AvgIpc) is 3.35. The van der Waals surface area contributed by atoms with E-state index in [0.717, 1.165) is 52.4 Å². The Labute approximate surface area is 158 Å². The molecule has 1 atom stereocenters. The van der Waals surface area contributed by atoms with Gasteiger partial charge in [-0.05, 0) is 43.3 Å². The molecule has 140 valence electrons. The Morgan fingerprint density at radius 3 is 2.92 bits per heavy atom. The Kier molecular flexibility index (Phi) is 5.62. The van der Waals surface area contributed by atoms with Crippen molar-refractivity contribution in [3.05, 3.63) is 34.3 Å². The first kappa shape index (κ1) is 17.6. The lowest BCUT2D eigenvalue weighted by atomic mass is 10.00. The Balaban J connectivity index is 1.28. The smallest absolute Gasteiger partial charge is 0.276 e. The number of nitrogens with zero attached hydrogens (tertiary/aromatic N) is 5. The van der Waals surface area contributed by atoms with Gasteiger partial charge in [-0.15, -0.1) is 16.4 Å². The lowest BCUT2D eigenvalue weighted by molar-refractivity contribution is 0.0623. The molecule has 0 aromatic carbocycles. The van der Waals surface area contributed by atoms with Crippen molar-refractivity contribution in [2.45, 2.75) is 25.9 Å². The van der Waals surface area contributed by atoms with Gasteiger partial charge < -0.3 is 10.2 Å². The molecule has 8 heteroatoms. The van der Waals surface area contributed by atoms with E-state index in [-0.39, 0.29) is 5.91 Å². The maximum absolute atomic E-state index is 12.7. The van der Waals surface area contributed by atoms with Gasteiger partial charge in [0.15, 0.2) is 5.69 Å². The summed E-state index contributed by atoms with van der Waals surface area (Å²) in [7, 11) is 0. The minimum atomic E-state index is 0.00814. The highest BCUT2D eigenvalue weighted by molar-refractivity contribution is 7.09. The molecule has 2 saturated heterocycles. The second-order valence-electron chi connectivity index (χ2n) is 7.19. The van der Waals surface area contributed by atoms with Gasteiger partial charge >= 0.3 is 0 Å². The Morgan fingerprint density at radius 1 is 1.31 bits per heavy atom. The van der Waals surface area contributed by atoms with Crippen molar-refractivity contribution in [2.24, 2.45) is 5.92 Å². The van der Waals surface area contributed by atoms with Crippen LogP contribution in [0, 0.1) is 5.92 Å². The van der Waals surface area contributed by atoms with Crippen LogP contribution in [0.2, 0.25) is 0 Å². The van der Waals surface area contributed by atoms with E-state index in [4.69, 9.17) is 0 Å². The predicted molar refractivity (Wildman–Crippen MR) is 101 cm³/mol. The molecule has 4 rings (SSSR count). The van der Waals surface area contributed by atoms with Crippen LogP contribution in [0.25, 0.3) is 0 Å². The minimum absolute atomic E-state index is 0.00814. The van der Waals surface area contributed by atoms with Crippen molar-refractivity contribution < 1.29 is 4.79 Å². The number of carbonyl (C=O) groups excluding carboxylic acids is 1. The van der Waals surface area contributed by atoms with Gasteiger partial charge in [-0.25, -0.2) is 0 Å². The molecule has 0 aliphatic carbocycles. The van der Waals surface area contributed by atoms with Crippen molar-refractivity contribution in [2.75, 3.05) is 39.3 Å². The second kappa shape index (κ2) is 8.28. The maximum atomic E-state index is 12.7. The summed E-state index contributed by atoms with van der Waals surface area (Å²) in [5, 5.41) is 13.8. The fraction of sp³-hybridized carbons (Fsp3) is 0.611. The van der Waals surface area contributed by atoms with Gasteiger partial charge in [0.05, 0.1) is 6.20 Å². The fourth-order valence-corrected chi connectivity index (χ4v) is 4.47. The molecular weight excluding hydrogens is 348 g/mol. The predicted octanol–water partition coefficient (Wildman–Crippen LogP) is 1.30. The summed E-state index contributed by atoms with van der Waals surface area (Å²) in [5.74, 6) is 0.586. The Hall–Kier alpha value is -1.77. The van der Waals surface area contributed by atoms with E-state index >= 15 is 0 Å². The van der Waals surface area contributed by atoms with Crippen LogP contribution in [0.3, 0.4) is 0 Å². The van der Waals surface area contributed by atoms with E-state index in [1.807, 2.05) is 15.8 Å². The molecule has 1 amide bonds. The first-order valence-electron chi connectivity index (χ1n) is 9.43. The van der Waals surface area contributed by atoms with E-state index in [1.165, 1.54) is 17.7 Å². The highest BCUT2D eigenvalue weighted by Crippen LogP contribution is 2.15. The van der Waals surface area contributed by atoms with Crippen molar-refractivity contribution in [1.29, 1.82) is 0 Å². The normalized spacial score (nSPS) is 21.8. The third-order valence-electron chi connectivity index (χ3n) is 5.22. The number of nitrogens with one attached hydrogen (secondary N) is 1. The van der Waals surface area contributed by atoms with E-state index in [1.54, 1.807) is 11.3 Å². The SMILES string of the molecule is O=C(c1cn(CC2CCCNC2)nn1)N1CCN(Cc2cccs2)CC1. The first-order valence-corrected chi connectivity index (χ1v) is 10.3. The van der Waals surface area contributed by atoms with Gasteiger partial charge in [0.25, 0.3) is 5.91 Å². The number of thiophene rings is 1. The van der Waals surface area contributed by atoms with E-state index in [0.29, 0.717) is 11.6 Å². The van der Waals surface area contributed by atoms with Crippen molar-refractivity contribution in [3.8, 4) is 0 Å². The number of rotatable bonds is 5. The number of aromatic nitrogens is 3. The molecule has 4 heterocycles. The van der Waals surface area contributed by atoms with Crippen molar-refractivity contribution in [1.82, 2.24) is 30.1 Å². The van der Waals surface area contributed by atoms with Crippen LogP contribution in [-0.2, 0) is 13.1 Å². The van der Waals surface area contributed by atoms with E-state index in [9.17, 15) is 4.79 Å². The minimum Gasteiger partial charge on any atom is -0.335 e. The van der Waals surface area contributed by atoms with Gasteiger partial charge in [-0.2, -0.15) is 0 Å². The molecular formula is C18H26N6OS. The van der Waals surface area contributed by atoms with Crippen molar-refractivity contribution >= 4 is 17.2 Å². The molecule has 7 nitrogen and oxygen atoms in total. The zero-order valence-electron chi connectivity index (χ0n) is 15.0. The number of carbonyl (C=O) groups is 1. The summed E-state index contributed by atoms with van der Waals surface area (Å²) in [6, 6.07) is 4.26. The highest BCUT2D eigenvalue weighted by atomic mass is 32.1. The Morgan fingerprint density at radius 2 is 2.19 bits per heavy atom. The Bertz CT molecular complexity index is 701. The summed E-state index contributed by atoms with van der Waals surface area (Å²) >= 11 is 1.79. The lowest BCUT2D eigenvalue weighted by Gasteiger charge is -2.34. The first-order chi connectivity index (χ1) is 12.8. The quantitative estimate of drug-likeness (QED) is 0.854. The number of hydrogen-bond donors (Lipinski definition) is 1. The van der Waals surface area contributed by atoms with Crippen LogP contribution < -0.4 is 5.32 Å². The molecule has 26 heavy (non-hydrogen) atoms. The van der Waals surface area contributed by atoms with Gasteiger partial charge in [0.1, 0.15) is 0 Å². The summed E-state index contributed by atoms with van der Waals surface area (Å²) in [5.41, 5.74) is 0.473. The van der Waals surface area contributed by atoms with Gasteiger partial charge in [-0.3, -0.25) is 14.4 Å². The van der Waals surface area contributed by atoms with Crippen LogP contribution in [0.15, 0.2) is 23.7 Å². The van der Waals surface area contributed by atoms with Crippen LogP contribution in [-0.4, -0.2) is 70.0 Å². The summed E-state index contributed by atoms with van der Waals surface area (Å²) in [6.07, 6.45) is 4.23. The third kappa shape index (κ3) is 4.31.